The monoisotopic (exact) mass is 303 g/mol. The molecule has 0 fully saturated rings. The van der Waals surface area contributed by atoms with Gasteiger partial charge < -0.3 is 10.6 Å². The third kappa shape index (κ3) is 4.56. The van der Waals surface area contributed by atoms with Gasteiger partial charge in [-0.1, -0.05) is 19.4 Å². The van der Waals surface area contributed by atoms with Gasteiger partial charge in [-0.25, -0.2) is 4.98 Å². The van der Waals surface area contributed by atoms with Crippen LogP contribution in [-0.4, -0.2) is 24.5 Å². The zero-order chi connectivity index (χ0) is 15.1. The third-order valence-corrected chi connectivity index (χ3v) is 4.08. The highest BCUT2D eigenvalue weighted by Gasteiger charge is 2.09. The second kappa shape index (κ2) is 7.78. The lowest BCUT2D eigenvalue weighted by atomic mass is 10.1. The number of anilines is 1. The number of hydrogen-bond acceptors (Lipinski definition) is 4. The molecule has 0 saturated carbocycles. The van der Waals surface area contributed by atoms with Gasteiger partial charge in [0, 0.05) is 29.7 Å². The number of nitrogens with zero attached hydrogens (tertiary/aromatic N) is 1. The maximum atomic E-state index is 12.2. The lowest BCUT2D eigenvalue weighted by Crippen LogP contribution is -2.25. The standard InChI is InChI=1S/C16H21N3OS/c1-3-5-13-10-12(11-15(17-2)19-13)16(20)18-8-7-14-6-4-9-21-14/h4,6,9-11H,3,5,7-8H2,1-2H3,(H,17,19)(H,18,20). The fraction of sp³-hybridized carbons (Fsp3) is 0.375. The van der Waals surface area contributed by atoms with Gasteiger partial charge in [0.05, 0.1) is 0 Å². The van der Waals surface area contributed by atoms with E-state index in [0.29, 0.717) is 12.1 Å². The van der Waals surface area contributed by atoms with E-state index in [1.807, 2.05) is 19.2 Å². The van der Waals surface area contributed by atoms with Crippen LogP contribution in [0.4, 0.5) is 5.82 Å². The summed E-state index contributed by atoms with van der Waals surface area (Å²) in [5, 5.41) is 8.03. The van der Waals surface area contributed by atoms with Crippen molar-refractivity contribution in [1.82, 2.24) is 10.3 Å². The van der Waals surface area contributed by atoms with Crippen molar-refractivity contribution in [2.45, 2.75) is 26.2 Å². The van der Waals surface area contributed by atoms with Crippen molar-refractivity contribution < 1.29 is 4.79 Å². The van der Waals surface area contributed by atoms with Crippen LogP contribution in [0.5, 0.6) is 0 Å². The normalized spacial score (nSPS) is 10.4. The lowest BCUT2D eigenvalue weighted by molar-refractivity contribution is 0.0954. The fourth-order valence-electron chi connectivity index (χ4n) is 2.09. The number of thiophene rings is 1. The van der Waals surface area contributed by atoms with Crippen molar-refractivity contribution in [1.29, 1.82) is 0 Å². The second-order valence-electron chi connectivity index (χ2n) is 4.82. The number of carbonyl (C=O) groups excluding carboxylic acids is 1. The average molecular weight is 303 g/mol. The maximum absolute atomic E-state index is 12.2. The first-order valence-corrected chi connectivity index (χ1v) is 8.10. The lowest BCUT2D eigenvalue weighted by Gasteiger charge is -2.09. The Balaban J connectivity index is 1.98. The first-order valence-electron chi connectivity index (χ1n) is 7.22. The van der Waals surface area contributed by atoms with Crippen LogP contribution in [0.15, 0.2) is 29.6 Å². The van der Waals surface area contributed by atoms with Gasteiger partial charge in [-0.2, -0.15) is 0 Å². The summed E-state index contributed by atoms with van der Waals surface area (Å²) in [6.07, 6.45) is 2.76. The highest BCUT2D eigenvalue weighted by molar-refractivity contribution is 7.09. The molecular weight excluding hydrogens is 282 g/mol. The summed E-state index contributed by atoms with van der Waals surface area (Å²) < 4.78 is 0. The minimum atomic E-state index is -0.0391. The molecule has 0 radical (unpaired) electrons. The van der Waals surface area contributed by atoms with Gasteiger partial charge in [0.25, 0.3) is 5.91 Å². The van der Waals surface area contributed by atoms with Crippen molar-refractivity contribution in [3.05, 3.63) is 45.8 Å². The maximum Gasteiger partial charge on any atom is 0.251 e. The molecule has 0 bridgehead atoms. The van der Waals surface area contributed by atoms with E-state index in [2.05, 4.69) is 34.0 Å². The summed E-state index contributed by atoms with van der Waals surface area (Å²) >= 11 is 1.71. The highest BCUT2D eigenvalue weighted by atomic mass is 32.1. The number of rotatable bonds is 7. The number of aromatic nitrogens is 1. The van der Waals surface area contributed by atoms with Gasteiger partial charge in [0.2, 0.25) is 0 Å². The van der Waals surface area contributed by atoms with Crippen molar-refractivity contribution in [3.8, 4) is 0 Å². The largest absolute Gasteiger partial charge is 0.373 e. The van der Waals surface area contributed by atoms with E-state index >= 15 is 0 Å². The molecule has 0 aliphatic heterocycles. The molecule has 0 saturated heterocycles. The van der Waals surface area contributed by atoms with E-state index in [1.165, 1.54) is 4.88 Å². The van der Waals surface area contributed by atoms with E-state index < -0.39 is 0 Å². The average Bonchev–Trinajstić information content (AvgIpc) is 3.00. The molecule has 2 heterocycles. The summed E-state index contributed by atoms with van der Waals surface area (Å²) in [4.78, 5) is 18.0. The minimum Gasteiger partial charge on any atom is -0.373 e. The second-order valence-corrected chi connectivity index (χ2v) is 5.85. The number of nitrogens with one attached hydrogen (secondary N) is 2. The van der Waals surface area contributed by atoms with Crippen molar-refractivity contribution in [2.75, 3.05) is 18.9 Å². The Morgan fingerprint density at radius 1 is 1.33 bits per heavy atom. The zero-order valence-corrected chi connectivity index (χ0v) is 13.3. The number of carbonyl (C=O) groups is 1. The summed E-state index contributed by atoms with van der Waals surface area (Å²) in [6.45, 7) is 2.76. The van der Waals surface area contributed by atoms with Crippen molar-refractivity contribution in [3.63, 3.8) is 0 Å². The first-order chi connectivity index (χ1) is 10.2. The van der Waals surface area contributed by atoms with Crippen LogP contribution in [0.25, 0.3) is 0 Å². The molecule has 2 aromatic rings. The Bertz CT molecular complexity index is 581. The Kier molecular flexibility index (Phi) is 5.75. The molecule has 0 atom stereocenters. The van der Waals surface area contributed by atoms with Crippen LogP contribution in [0, 0.1) is 0 Å². The molecule has 0 aromatic carbocycles. The fourth-order valence-corrected chi connectivity index (χ4v) is 2.80. The molecule has 112 valence electrons. The SMILES string of the molecule is CCCc1cc(C(=O)NCCc2cccs2)cc(NC)n1. The third-order valence-electron chi connectivity index (χ3n) is 3.14. The molecule has 2 rings (SSSR count). The summed E-state index contributed by atoms with van der Waals surface area (Å²) in [5.41, 5.74) is 1.62. The Hall–Kier alpha value is -1.88. The Morgan fingerprint density at radius 3 is 2.86 bits per heavy atom. The molecule has 5 heteroatoms. The van der Waals surface area contributed by atoms with Gasteiger partial charge in [-0.15, -0.1) is 11.3 Å². The van der Waals surface area contributed by atoms with E-state index in [9.17, 15) is 4.79 Å². The Labute approximate surface area is 129 Å². The highest BCUT2D eigenvalue weighted by Crippen LogP contribution is 2.12. The van der Waals surface area contributed by atoms with Crippen LogP contribution in [0.1, 0.15) is 34.3 Å². The molecule has 2 N–H and O–H groups in total. The van der Waals surface area contributed by atoms with E-state index in [-0.39, 0.29) is 5.91 Å². The van der Waals surface area contributed by atoms with Crippen LogP contribution in [0.2, 0.25) is 0 Å². The summed E-state index contributed by atoms with van der Waals surface area (Å²) in [5.74, 6) is 0.701. The van der Waals surface area contributed by atoms with Gasteiger partial charge in [-0.3, -0.25) is 4.79 Å². The van der Waals surface area contributed by atoms with Crippen LogP contribution < -0.4 is 10.6 Å². The molecule has 21 heavy (non-hydrogen) atoms. The van der Waals surface area contributed by atoms with Crippen LogP contribution in [-0.2, 0) is 12.8 Å². The molecule has 0 aliphatic carbocycles. The van der Waals surface area contributed by atoms with Gasteiger partial charge in [-0.05, 0) is 36.4 Å². The summed E-state index contributed by atoms with van der Waals surface area (Å²) in [6, 6.07) is 7.78. The summed E-state index contributed by atoms with van der Waals surface area (Å²) in [7, 11) is 1.82. The number of amides is 1. The van der Waals surface area contributed by atoms with E-state index in [1.54, 1.807) is 17.4 Å². The number of aryl methyl sites for hydroxylation is 1. The molecule has 0 unspecified atom stereocenters. The smallest absolute Gasteiger partial charge is 0.251 e. The van der Waals surface area contributed by atoms with Gasteiger partial charge in [0.1, 0.15) is 5.82 Å². The topological polar surface area (TPSA) is 54.0 Å². The minimum absolute atomic E-state index is 0.0391. The molecule has 1 amide bonds. The molecule has 0 spiro atoms. The number of pyridine rings is 1. The van der Waals surface area contributed by atoms with Crippen LogP contribution >= 0.6 is 11.3 Å². The Morgan fingerprint density at radius 2 is 2.19 bits per heavy atom. The molecule has 2 aromatic heterocycles. The number of hydrogen-bond donors (Lipinski definition) is 2. The predicted octanol–water partition coefficient (Wildman–Crippen LogP) is 3.11. The van der Waals surface area contributed by atoms with E-state index in [0.717, 1.165) is 30.8 Å². The molecule has 0 aliphatic rings. The van der Waals surface area contributed by atoms with Crippen molar-refractivity contribution in [2.24, 2.45) is 0 Å². The van der Waals surface area contributed by atoms with Crippen LogP contribution in [0.3, 0.4) is 0 Å². The van der Waals surface area contributed by atoms with Gasteiger partial charge in [0.15, 0.2) is 0 Å². The molecule has 4 nitrogen and oxygen atoms in total. The quantitative estimate of drug-likeness (QED) is 0.826. The predicted molar refractivity (Wildman–Crippen MR) is 88.1 cm³/mol. The molecular formula is C16H21N3OS. The van der Waals surface area contributed by atoms with Crippen molar-refractivity contribution >= 4 is 23.1 Å². The van der Waals surface area contributed by atoms with E-state index in [4.69, 9.17) is 0 Å². The first kappa shape index (κ1) is 15.5. The van der Waals surface area contributed by atoms with Gasteiger partial charge >= 0.3 is 0 Å². The zero-order valence-electron chi connectivity index (χ0n) is 12.5.